The molecule has 1 aromatic carbocycles. The van der Waals surface area contributed by atoms with Crippen LogP contribution in [-0.2, 0) is 16.1 Å². The molecular formula is C18H18N6O4S. The average molecular weight is 414 g/mol. The van der Waals surface area contributed by atoms with E-state index in [-0.39, 0.29) is 18.2 Å². The SMILES string of the molecule is CC(=O)Nc1cccc(-n2cnnc2SCC(=O)NC(=O)NCc2ccco2)c1. The number of thioether (sulfide) groups is 1. The Balaban J connectivity index is 1.54. The largest absolute Gasteiger partial charge is 0.467 e. The molecule has 3 rings (SSSR count). The lowest BCUT2D eigenvalue weighted by molar-refractivity contribution is -0.117. The Labute approximate surface area is 170 Å². The lowest BCUT2D eigenvalue weighted by Gasteiger charge is -2.09. The van der Waals surface area contributed by atoms with Crippen LogP contribution in [0.4, 0.5) is 10.5 Å². The third-order valence-corrected chi connectivity index (χ3v) is 4.49. The zero-order chi connectivity index (χ0) is 20.6. The number of hydrogen-bond donors (Lipinski definition) is 3. The van der Waals surface area contributed by atoms with Gasteiger partial charge in [-0.05, 0) is 30.3 Å². The standard InChI is InChI=1S/C18H18N6O4S/c1-12(25)21-13-4-2-5-14(8-13)24-11-20-23-18(24)29-10-16(26)22-17(27)19-9-15-6-3-7-28-15/h2-8,11H,9-10H2,1H3,(H,21,25)(H2,19,22,26,27). The second-order valence-electron chi connectivity index (χ2n) is 5.81. The second kappa shape index (κ2) is 9.55. The summed E-state index contributed by atoms with van der Waals surface area (Å²) in [5, 5.41) is 15.8. The minimum Gasteiger partial charge on any atom is -0.467 e. The van der Waals surface area contributed by atoms with Crippen molar-refractivity contribution >= 4 is 35.3 Å². The van der Waals surface area contributed by atoms with Gasteiger partial charge in [0.25, 0.3) is 0 Å². The fourth-order valence-electron chi connectivity index (χ4n) is 2.35. The van der Waals surface area contributed by atoms with E-state index in [0.717, 1.165) is 17.4 Å². The van der Waals surface area contributed by atoms with Crippen LogP contribution in [0.2, 0.25) is 0 Å². The van der Waals surface area contributed by atoms with Gasteiger partial charge in [0, 0.05) is 12.6 Å². The van der Waals surface area contributed by atoms with E-state index in [1.165, 1.54) is 19.5 Å². The van der Waals surface area contributed by atoms with E-state index in [1.807, 2.05) is 6.07 Å². The summed E-state index contributed by atoms with van der Waals surface area (Å²) in [7, 11) is 0. The monoisotopic (exact) mass is 414 g/mol. The van der Waals surface area contributed by atoms with Crippen molar-refractivity contribution in [1.82, 2.24) is 25.4 Å². The highest BCUT2D eigenvalue weighted by atomic mass is 32.2. The van der Waals surface area contributed by atoms with E-state index in [1.54, 1.807) is 34.9 Å². The molecule has 150 valence electrons. The van der Waals surface area contributed by atoms with Crippen LogP contribution in [0.15, 0.2) is 58.6 Å². The number of imide groups is 1. The molecule has 3 aromatic rings. The van der Waals surface area contributed by atoms with Crippen LogP contribution in [0.25, 0.3) is 5.69 Å². The highest BCUT2D eigenvalue weighted by Crippen LogP contribution is 2.21. The predicted molar refractivity (Wildman–Crippen MR) is 105 cm³/mol. The van der Waals surface area contributed by atoms with Gasteiger partial charge in [-0.15, -0.1) is 10.2 Å². The fourth-order valence-corrected chi connectivity index (χ4v) is 3.08. The molecule has 0 radical (unpaired) electrons. The number of anilines is 1. The molecule has 0 bridgehead atoms. The van der Waals surface area contributed by atoms with Crippen molar-refractivity contribution in [3.63, 3.8) is 0 Å². The number of hydrogen-bond acceptors (Lipinski definition) is 7. The molecule has 0 saturated heterocycles. The molecule has 3 N–H and O–H groups in total. The Morgan fingerprint density at radius 2 is 2.07 bits per heavy atom. The van der Waals surface area contributed by atoms with Crippen molar-refractivity contribution in [3.8, 4) is 5.69 Å². The summed E-state index contributed by atoms with van der Waals surface area (Å²) >= 11 is 1.13. The highest BCUT2D eigenvalue weighted by Gasteiger charge is 2.13. The number of carbonyl (C=O) groups is 3. The normalized spacial score (nSPS) is 10.4. The molecule has 4 amide bonds. The molecule has 0 spiro atoms. The Morgan fingerprint density at radius 1 is 1.21 bits per heavy atom. The minimum absolute atomic E-state index is 0.0295. The van der Waals surface area contributed by atoms with E-state index >= 15 is 0 Å². The van der Waals surface area contributed by atoms with Crippen molar-refractivity contribution in [2.45, 2.75) is 18.6 Å². The van der Waals surface area contributed by atoms with Gasteiger partial charge in [0.1, 0.15) is 12.1 Å². The number of rotatable bonds is 7. The quantitative estimate of drug-likeness (QED) is 0.504. The van der Waals surface area contributed by atoms with Crippen molar-refractivity contribution in [1.29, 1.82) is 0 Å². The molecule has 0 atom stereocenters. The van der Waals surface area contributed by atoms with Crippen LogP contribution in [0.1, 0.15) is 12.7 Å². The molecule has 10 nitrogen and oxygen atoms in total. The second-order valence-corrected chi connectivity index (χ2v) is 6.76. The van der Waals surface area contributed by atoms with E-state index in [0.29, 0.717) is 16.6 Å². The van der Waals surface area contributed by atoms with Crippen LogP contribution < -0.4 is 16.0 Å². The maximum Gasteiger partial charge on any atom is 0.321 e. The topological polar surface area (TPSA) is 131 Å². The first-order valence-corrected chi connectivity index (χ1v) is 9.51. The molecule has 11 heteroatoms. The van der Waals surface area contributed by atoms with Crippen molar-refractivity contribution < 1.29 is 18.8 Å². The van der Waals surface area contributed by atoms with E-state index in [9.17, 15) is 14.4 Å². The van der Waals surface area contributed by atoms with Crippen LogP contribution in [0, 0.1) is 0 Å². The zero-order valence-electron chi connectivity index (χ0n) is 15.4. The van der Waals surface area contributed by atoms with Crippen LogP contribution in [0.3, 0.4) is 0 Å². The maximum atomic E-state index is 12.0. The first-order chi connectivity index (χ1) is 14.0. The summed E-state index contributed by atoms with van der Waals surface area (Å²) in [6.07, 6.45) is 3.00. The summed E-state index contributed by atoms with van der Waals surface area (Å²) in [4.78, 5) is 35.0. The van der Waals surface area contributed by atoms with Gasteiger partial charge in [0.05, 0.1) is 24.2 Å². The van der Waals surface area contributed by atoms with Crippen LogP contribution >= 0.6 is 11.8 Å². The Morgan fingerprint density at radius 3 is 2.83 bits per heavy atom. The number of benzene rings is 1. The number of aromatic nitrogens is 3. The highest BCUT2D eigenvalue weighted by molar-refractivity contribution is 7.99. The number of furan rings is 1. The molecule has 0 saturated carbocycles. The smallest absolute Gasteiger partial charge is 0.321 e. The molecule has 0 aliphatic heterocycles. The number of nitrogens with one attached hydrogen (secondary N) is 3. The lowest BCUT2D eigenvalue weighted by Crippen LogP contribution is -2.39. The van der Waals surface area contributed by atoms with Gasteiger partial charge < -0.3 is 15.1 Å². The lowest BCUT2D eigenvalue weighted by atomic mass is 10.2. The van der Waals surface area contributed by atoms with Gasteiger partial charge in [-0.2, -0.15) is 0 Å². The summed E-state index contributed by atoms with van der Waals surface area (Å²) in [6, 6.07) is 9.93. The maximum absolute atomic E-state index is 12.0. The Bertz CT molecular complexity index is 1000. The van der Waals surface area contributed by atoms with Crippen molar-refractivity contribution in [2.24, 2.45) is 0 Å². The fraction of sp³-hybridized carbons (Fsp3) is 0.167. The molecule has 0 unspecified atom stereocenters. The van der Waals surface area contributed by atoms with E-state index < -0.39 is 11.9 Å². The van der Waals surface area contributed by atoms with Crippen LogP contribution in [0.5, 0.6) is 0 Å². The number of carbonyl (C=O) groups excluding carboxylic acids is 3. The number of amides is 4. The first kappa shape index (κ1) is 20.1. The predicted octanol–water partition coefficient (Wildman–Crippen LogP) is 1.94. The molecule has 0 aliphatic rings. The molecule has 2 heterocycles. The van der Waals surface area contributed by atoms with Gasteiger partial charge in [0.2, 0.25) is 11.8 Å². The van der Waals surface area contributed by atoms with E-state index in [4.69, 9.17) is 4.42 Å². The molecule has 29 heavy (non-hydrogen) atoms. The first-order valence-electron chi connectivity index (χ1n) is 8.52. The minimum atomic E-state index is -0.614. The molecule has 0 aliphatic carbocycles. The average Bonchev–Trinajstić information content (AvgIpc) is 3.36. The number of urea groups is 1. The van der Waals surface area contributed by atoms with E-state index in [2.05, 4.69) is 26.1 Å². The summed E-state index contributed by atoms with van der Waals surface area (Å²) in [6.45, 7) is 1.61. The third-order valence-electron chi connectivity index (χ3n) is 3.55. The number of nitrogens with zero attached hydrogens (tertiary/aromatic N) is 3. The summed E-state index contributed by atoms with van der Waals surface area (Å²) < 4.78 is 6.78. The van der Waals surface area contributed by atoms with Crippen molar-refractivity contribution in [3.05, 3.63) is 54.7 Å². The Kier molecular flexibility index (Phi) is 6.63. The van der Waals surface area contributed by atoms with Gasteiger partial charge in [-0.3, -0.25) is 19.5 Å². The Hall–Kier alpha value is -3.60. The van der Waals surface area contributed by atoms with Crippen molar-refractivity contribution in [2.75, 3.05) is 11.1 Å². The van der Waals surface area contributed by atoms with Gasteiger partial charge in [0.15, 0.2) is 5.16 Å². The van der Waals surface area contributed by atoms with Gasteiger partial charge in [-0.1, -0.05) is 17.8 Å². The molecule has 0 fully saturated rings. The summed E-state index contributed by atoms with van der Waals surface area (Å²) in [5.74, 6) is -0.106. The van der Waals surface area contributed by atoms with Gasteiger partial charge >= 0.3 is 6.03 Å². The molecule has 2 aromatic heterocycles. The molecular weight excluding hydrogens is 396 g/mol. The summed E-state index contributed by atoms with van der Waals surface area (Å²) in [5.41, 5.74) is 1.35. The van der Waals surface area contributed by atoms with Gasteiger partial charge in [-0.25, -0.2) is 4.79 Å². The zero-order valence-corrected chi connectivity index (χ0v) is 16.2. The third kappa shape index (κ3) is 5.94. The van der Waals surface area contributed by atoms with Crippen LogP contribution in [-0.4, -0.2) is 38.4 Å².